The minimum atomic E-state index is -0.489. The second-order valence-electron chi connectivity index (χ2n) is 5.29. The Morgan fingerprint density at radius 1 is 1.08 bits per heavy atom. The van der Waals surface area contributed by atoms with Gasteiger partial charge in [-0.3, -0.25) is 10.1 Å². The van der Waals surface area contributed by atoms with Gasteiger partial charge in [-0.1, -0.05) is 6.07 Å². The molecular formula is C16H16N4O5. The lowest BCUT2D eigenvalue weighted by Gasteiger charge is -2.12. The molecule has 0 unspecified atom stereocenters. The third kappa shape index (κ3) is 3.25. The quantitative estimate of drug-likeness (QED) is 0.466. The molecule has 0 aliphatic rings. The zero-order valence-corrected chi connectivity index (χ0v) is 13.6. The number of nitrogens with zero attached hydrogens (tertiary/aromatic N) is 1. The summed E-state index contributed by atoms with van der Waals surface area (Å²) in [5.41, 5.74) is 2.14. The van der Waals surface area contributed by atoms with Gasteiger partial charge in [0.05, 0.1) is 36.2 Å². The standard InChI is InChI=1S/C16H16N4O5/c1-24-14-6-12(13(20(22)23)7-15(14)25-2)17-8-9-3-4-10-11(5-9)19-16(21)18-10/h3-7,17H,8H2,1-2H3,(H2,18,19,21). The van der Waals surface area contributed by atoms with Gasteiger partial charge < -0.3 is 24.8 Å². The van der Waals surface area contributed by atoms with Crippen molar-refractivity contribution in [2.24, 2.45) is 0 Å². The number of aromatic nitrogens is 2. The van der Waals surface area contributed by atoms with Crippen molar-refractivity contribution in [3.8, 4) is 11.5 Å². The number of benzene rings is 2. The Bertz CT molecular complexity index is 992. The van der Waals surface area contributed by atoms with E-state index in [4.69, 9.17) is 9.47 Å². The summed E-state index contributed by atoms with van der Waals surface area (Å²) in [5.74, 6) is 0.673. The number of imidazole rings is 1. The lowest BCUT2D eigenvalue weighted by Crippen LogP contribution is -2.04. The van der Waals surface area contributed by atoms with Crippen molar-refractivity contribution in [1.29, 1.82) is 0 Å². The predicted octanol–water partition coefficient (Wildman–Crippen LogP) is 2.39. The molecule has 0 radical (unpaired) electrons. The summed E-state index contributed by atoms with van der Waals surface area (Å²) in [4.78, 5) is 27.5. The molecule has 0 amide bonds. The van der Waals surface area contributed by atoms with Crippen LogP contribution in [0.1, 0.15) is 5.56 Å². The Hall–Kier alpha value is -3.49. The lowest BCUT2D eigenvalue weighted by molar-refractivity contribution is -0.384. The average molecular weight is 344 g/mol. The molecule has 1 heterocycles. The fraction of sp³-hybridized carbons (Fsp3) is 0.188. The number of fused-ring (bicyclic) bond motifs is 1. The molecule has 0 fully saturated rings. The van der Waals surface area contributed by atoms with Crippen LogP contribution in [-0.4, -0.2) is 29.1 Å². The fourth-order valence-electron chi connectivity index (χ4n) is 2.55. The van der Waals surface area contributed by atoms with Gasteiger partial charge in [-0.25, -0.2) is 4.79 Å². The van der Waals surface area contributed by atoms with E-state index in [1.807, 2.05) is 6.07 Å². The fourth-order valence-corrected chi connectivity index (χ4v) is 2.55. The van der Waals surface area contributed by atoms with Gasteiger partial charge in [-0.15, -0.1) is 0 Å². The van der Waals surface area contributed by atoms with Crippen LogP contribution in [0.2, 0.25) is 0 Å². The summed E-state index contributed by atoms with van der Waals surface area (Å²) in [6.45, 7) is 0.333. The Kier molecular flexibility index (Phi) is 4.29. The maximum atomic E-state index is 11.3. The molecule has 0 saturated heterocycles. The van der Waals surface area contributed by atoms with E-state index in [1.165, 1.54) is 26.4 Å². The highest BCUT2D eigenvalue weighted by Gasteiger charge is 2.19. The highest BCUT2D eigenvalue weighted by Crippen LogP contribution is 2.37. The van der Waals surface area contributed by atoms with Crippen molar-refractivity contribution < 1.29 is 14.4 Å². The van der Waals surface area contributed by atoms with Gasteiger partial charge in [0.1, 0.15) is 5.69 Å². The molecule has 0 spiro atoms. The summed E-state index contributed by atoms with van der Waals surface area (Å²) < 4.78 is 10.3. The first-order valence-corrected chi connectivity index (χ1v) is 7.37. The molecular weight excluding hydrogens is 328 g/mol. The molecule has 0 aliphatic carbocycles. The van der Waals surface area contributed by atoms with Crippen molar-refractivity contribution in [2.75, 3.05) is 19.5 Å². The maximum Gasteiger partial charge on any atom is 0.323 e. The van der Waals surface area contributed by atoms with Crippen LogP contribution in [0.25, 0.3) is 11.0 Å². The Morgan fingerprint density at radius 3 is 2.44 bits per heavy atom. The second kappa shape index (κ2) is 6.56. The Labute approximate surface area is 141 Å². The Morgan fingerprint density at radius 2 is 1.76 bits per heavy atom. The molecule has 3 aromatic rings. The van der Waals surface area contributed by atoms with E-state index in [9.17, 15) is 14.9 Å². The number of nitrogens with one attached hydrogen (secondary N) is 3. The normalized spacial score (nSPS) is 10.6. The van der Waals surface area contributed by atoms with Gasteiger partial charge in [0.2, 0.25) is 0 Å². The van der Waals surface area contributed by atoms with E-state index in [0.717, 1.165) is 5.56 Å². The van der Waals surface area contributed by atoms with Crippen LogP contribution in [0, 0.1) is 10.1 Å². The third-order valence-corrected chi connectivity index (χ3v) is 3.76. The minimum Gasteiger partial charge on any atom is -0.493 e. The summed E-state index contributed by atoms with van der Waals surface area (Å²) in [5, 5.41) is 14.3. The second-order valence-corrected chi connectivity index (χ2v) is 5.29. The average Bonchev–Trinajstić information content (AvgIpc) is 2.98. The first-order valence-electron chi connectivity index (χ1n) is 7.37. The van der Waals surface area contributed by atoms with E-state index in [1.54, 1.807) is 12.1 Å². The number of hydrogen-bond donors (Lipinski definition) is 3. The topological polar surface area (TPSA) is 122 Å². The number of H-pyrrole nitrogens is 2. The molecule has 0 bridgehead atoms. The third-order valence-electron chi connectivity index (χ3n) is 3.76. The van der Waals surface area contributed by atoms with E-state index in [2.05, 4.69) is 15.3 Å². The minimum absolute atomic E-state index is 0.117. The molecule has 0 saturated carbocycles. The monoisotopic (exact) mass is 344 g/mol. The number of rotatable bonds is 6. The van der Waals surface area contributed by atoms with E-state index in [-0.39, 0.29) is 17.1 Å². The smallest absolute Gasteiger partial charge is 0.323 e. The van der Waals surface area contributed by atoms with Crippen molar-refractivity contribution in [3.63, 3.8) is 0 Å². The molecule has 3 N–H and O–H groups in total. The molecule has 2 aromatic carbocycles. The van der Waals surface area contributed by atoms with E-state index >= 15 is 0 Å². The van der Waals surface area contributed by atoms with Gasteiger partial charge in [0, 0.05) is 12.6 Å². The highest BCUT2D eigenvalue weighted by molar-refractivity contribution is 5.75. The van der Waals surface area contributed by atoms with Crippen LogP contribution in [-0.2, 0) is 6.54 Å². The number of hydrogen-bond acceptors (Lipinski definition) is 6. The number of nitro benzene ring substituents is 1. The van der Waals surface area contributed by atoms with Crippen molar-refractivity contribution in [1.82, 2.24) is 9.97 Å². The van der Waals surface area contributed by atoms with Gasteiger partial charge in [-0.2, -0.15) is 0 Å². The van der Waals surface area contributed by atoms with Gasteiger partial charge in [0.25, 0.3) is 5.69 Å². The number of aromatic amines is 2. The van der Waals surface area contributed by atoms with Crippen LogP contribution < -0.4 is 20.5 Å². The summed E-state index contributed by atoms with van der Waals surface area (Å²) in [6.07, 6.45) is 0. The zero-order chi connectivity index (χ0) is 18.0. The van der Waals surface area contributed by atoms with Crippen molar-refractivity contribution in [2.45, 2.75) is 6.54 Å². The number of anilines is 1. The van der Waals surface area contributed by atoms with Gasteiger partial charge >= 0.3 is 5.69 Å². The molecule has 3 rings (SSSR count). The molecule has 9 nitrogen and oxygen atoms in total. The van der Waals surface area contributed by atoms with Crippen LogP contribution in [0.4, 0.5) is 11.4 Å². The lowest BCUT2D eigenvalue weighted by atomic mass is 10.2. The number of nitro groups is 1. The first kappa shape index (κ1) is 16.4. The number of methoxy groups -OCH3 is 2. The molecule has 25 heavy (non-hydrogen) atoms. The molecule has 130 valence electrons. The van der Waals surface area contributed by atoms with Crippen molar-refractivity contribution in [3.05, 3.63) is 56.5 Å². The largest absolute Gasteiger partial charge is 0.493 e. The summed E-state index contributed by atoms with van der Waals surface area (Å²) in [7, 11) is 2.88. The van der Waals surface area contributed by atoms with E-state index in [0.29, 0.717) is 29.0 Å². The van der Waals surface area contributed by atoms with Crippen LogP contribution in [0.15, 0.2) is 35.1 Å². The van der Waals surface area contributed by atoms with Gasteiger partial charge in [-0.05, 0) is 17.7 Å². The SMILES string of the molecule is COc1cc(NCc2ccc3[nH]c(=O)[nH]c3c2)c([N+](=O)[O-])cc1OC. The van der Waals surface area contributed by atoms with E-state index < -0.39 is 4.92 Å². The van der Waals surface area contributed by atoms with Gasteiger partial charge in [0.15, 0.2) is 11.5 Å². The molecule has 0 atom stereocenters. The maximum absolute atomic E-state index is 11.3. The van der Waals surface area contributed by atoms with Crippen LogP contribution in [0.5, 0.6) is 11.5 Å². The van der Waals surface area contributed by atoms with Crippen LogP contribution in [0.3, 0.4) is 0 Å². The zero-order valence-electron chi connectivity index (χ0n) is 13.6. The first-order chi connectivity index (χ1) is 12.0. The Balaban J connectivity index is 1.90. The number of ether oxygens (including phenoxy) is 2. The highest BCUT2D eigenvalue weighted by atomic mass is 16.6. The molecule has 1 aromatic heterocycles. The molecule has 0 aliphatic heterocycles. The van der Waals surface area contributed by atoms with Crippen molar-refractivity contribution >= 4 is 22.4 Å². The van der Waals surface area contributed by atoms with Crippen LogP contribution >= 0.6 is 0 Å². The predicted molar refractivity (Wildman–Crippen MR) is 92.4 cm³/mol. The molecule has 9 heteroatoms. The summed E-state index contributed by atoms with van der Waals surface area (Å²) >= 11 is 0. The summed E-state index contributed by atoms with van der Waals surface area (Å²) in [6, 6.07) is 8.23.